The van der Waals surface area contributed by atoms with Crippen LogP contribution in [0.1, 0.15) is 30.8 Å². The van der Waals surface area contributed by atoms with Crippen LogP contribution in [0.5, 0.6) is 0 Å². The number of benzene rings is 1. The van der Waals surface area contributed by atoms with E-state index in [1.54, 1.807) is 0 Å². The van der Waals surface area contributed by atoms with Crippen molar-refractivity contribution in [2.45, 2.75) is 32.5 Å². The second-order valence-electron chi connectivity index (χ2n) is 5.43. The molecule has 0 amide bonds. The summed E-state index contributed by atoms with van der Waals surface area (Å²) in [5.41, 5.74) is 1.04. The average molecular weight is 322 g/mol. The van der Waals surface area contributed by atoms with Gasteiger partial charge in [-0.15, -0.1) is 5.10 Å². The lowest BCUT2D eigenvalue weighted by Crippen LogP contribution is -2.38. The van der Waals surface area contributed by atoms with Gasteiger partial charge < -0.3 is 4.74 Å². The molecule has 2 aromatic rings. The summed E-state index contributed by atoms with van der Waals surface area (Å²) < 4.78 is 7.76. The Hall–Kier alpha value is -1.50. The van der Waals surface area contributed by atoms with Crippen LogP contribution < -0.4 is 0 Å². The Morgan fingerprint density at radius 2 is 2.23 bits per heavy atom. The fraction of sp³-hybridized carbons (Fsp3) is 0.533. The molecule has 1 aliphatic rings. The number of aromatic nitrogens is 4. The molecule has 1 fully saturated rings. The van der Waals surface area contributed by atoms with Crippen LogP contribution in [-0.4, -0.2) is 44.8 Å². The zero-order valence-corrected chi connectivity index (χ0v) is 13.4. The van der Waals surface area contributed by atoms with E-state index in [2.05, 4.69) is 27.3 Å². The number of tetrazole rings is 1. The average Bonchev–Trinajstić information content (AvgIpc) is 2.96. The maximum atomic E-state index is 6.28. The van der Waals surface area contributed by atoms with Crippen molar-refractivity contribution in [3.05, 3.63) is 40.7 Å². The van der Waals surface area contributed by atoms with Crippen LogP contribution in [0.25, 0.3) is 0 Å². The molecule has 1 saturated heterocycles. The van der Waals surface area contributed by atoms with Gasteiger partial charge in [-0.05, 0) is 22.9 Å². The van der Waals surface area contributed by atoms with Gasteiger partial charge in [0, 0.05) is 30.2 Å². The van der Waals surface area contributed by atoms with Gasteiger partial charge in [0.1, 0.15) is 0 Å². The molecule has 0 saturated carbocycles. The van der Waals surface area contributed by atoms with Crippen LogP contribution in [0.3, 0.4) is 0 Å². The first-order chi connectivity index (χ1) is 10.8. The van der Waals surface area contributed by atoms with Gasteiger partial charge in [0.25, 0.3) is 0 Å². The minimum absolute atomic E-state index is 0.00189. The number of rotatable bonds is 5. The van der Waals surface area contributed by atoms with E-state index in [1.165, 1.54) is 0 Å². The summed E-state index contributed by atoms with van der Waals surface area (Å²) in [5.74, 6) is 0.904. The molecule has 2 heterocycles. The molecule has 1 atom stereocenters. The van der Waals surface area contributed by atoms with Crippen molar-refractivity contribution >= 4 is 11.6 Å². The highest BCUT2D eigenvalue weighted by Crippen LogP contribution is 2.28. The summed E-state index contributed by atoms with van der Waals surface area (Å²) in [6.45, 7) is 6.06. The molecule has 0 spiro atoms. The van der Waals surface area contributed by atoms with Crippen LogP contribution in [0, 0.1) is 0 Å². The highest BCUT2D eigenvalue weighted by Gasteiger charge is 2.24. The molecule has 118 valence electrons. The normalized spacial score (nSPS) is 19.5. The minimum atomic E-state index is -0.00189. The van der Waals surface area contributed by atoms with Crippen molar-refractivity contribution in [1.29, 1.82) is 0 Å². The largest absolute Gasteiger partial charge is 0.371 e. The predicted molar refractivity (Wildman–Crippen MR) is 83.5 cm³/mol. The Bertz CT molecular complexity index is 617. The third-order valence-electron chi connectivity index (χ3n) is 3.81. The number of aryl methyl sites for hydroxylation is 1. The first-order valence-electron chi connectivity index (χ1n) is 7.61. The summed E-state index contributed by atoms with van der Waals surface area (Å²) >= 11 is 6.28. The van der Waals surface area contributed by atoms with E-state index in [1.807, 2.05) is 28.9 Å². The molecule has 0 aliphatic carbocycles. The maximum absolute atomic E-state index is 6.28. The fourth-order valence-corrected chi connectivity index (χ4v) is 2.95. The van der Waals surface area contributed by atoms with Gasteiger partial charge in [-0.25, -0.2) is 4.68 Å². The SMILES string of the molecule is CCCn1nnnc1CN1CCO[C@H](c2ccccc2Cl)C1. The van der Waals surface area contributed by atoms with E-state index in [9.17, 15) is 0 Å². The second-order valence-corrected chi connectivity index (χ2v) is 5.84. The molecule has 1 aromatic carbocycles. The Balaban J connectivity index is 1.68. The zero-order chi connectivity index (χ0) is 15.4. The molecular weight excluding hydrogens is 302 g/mol. The number of ether oxygens (including phenoxy) is 1. The quantitative estimate of drug-likeness (QED) is 0.846. The smallest absolute Gasteiger partial charge is 0.165 e. The van der Waals surface area contributed by atoms with E-state index >= 15 is 0 Å². The summed E-state index contributed by atoms with van der Waals surface area (Å²) in [6, 6.07) is 7.86. The molecule has 3 rings (SSSR count). The lowest BCUT2D eigenvalue weighted by Gasteiger charge is -2.33. The topological polar surface area (TPSA) is 56.1 Å². The van der Waals surface area contributed by atoms with E-state index < -0.39 is 0 Å². The van der Waals surface area contributed by atoms with Gasteiger partial charge in [-0.1, -0.05) is 36.7 Å². The molecule has 0 radical (unpaired) electrons. The van der Waals surface area contributed by atoms with E-state index in [0.717, 1.165) is 49.0 Å². The molecule has 0 unspecified atom stereocenters. The third-order valence-corrected chi connectivity index (χ3v) is 4.15. The van der Waals surface area contributed by atoms with E-state index in [0.29, 0.717) is 6.61 Å². The van der Waals surface area contributed by atoms with Crippen molar-refractivity contribution in [3.63, 3.8) is 0 Å². The Labute approximate surface area is 135 Å². The number of morpholine rings is 1. The maximum Gasteiger partial charge on any atom is 0.165 e. The van der Waals surface area contributed by atoms with Crippen LogP contribution in [0.2, 0.25) is 5.02 Å². The lowest BCUT2D eigenvalue weighted by molar-refractivity contribution is -0.0340. The Morgan fingerprint density at radius 3 is 3.05 bits per heavy atom. The van der Waals surface area contributed by atoms with Crippen molar-refractivity contribution in [1.82, 2.24) is 25.1 Å². The molecule has 6 nitrogen and oxygen atoms in total. The predicted octanol–water partition coefficient (Wildman–Crippen LogP) is 2.31. The van der Waals surface area contributed by atoms with Gasteiger partial charge >= 0.3 is 0 Å². The minimum Gasteiger partial charge on any atom is -0.371 e. The third kappa shape index (κ3) is 3.45. The van der Waals surface area contributed by atoms with Crippen molar-refractivity contribution < 1.29 is 4.74 Å². The number of hydrogen-bond acceptors (Lipinski definition) is 5. The van der Waals surface area contributed by atoms with Gasteiger partial charge in [0.2, 0.25) is 0 Å². The molecule has 22 heavy (non-hydrogen) atoms. The number of hydrogen-bond donors (Lipinski definition) is 0. The van der Waals surface area contributed by atoms with Crippen LogP contribution in [0.15, 0.2) is 24.3 Å². The van der Waals surface area contributed by atoms with E-state index in [-0.39, 0.29) is 6.10 Å². The molecule has 1 aliphatic heterocycles. The number of halogens is 1. The standard InChI is InChI=1S/C15H20ClN5O/c1-2-7-21-15(17-18-19-21)11-20-8-9-22-14(10-20)12-5-3-4-6-13(12)16/h3-6,14H,2,7-11H2,1H3/t14-/m0/s1. The van der Waals surface area contributed by atoms with Crippen LogP contribution in [0.4, 0.5) is 0 Å². The highest BCUT2D eigenvalue weighted by atomic mass is 35.5. The summed E-state index contributed by atoms with van der Waals surface area (Å²) in [7, 11) is 0. The Kier molecular flexibility index (Phi) is 5.02. The highest BCUT2D eigenvalue weighted by molar-refractivity contribution is 6.31. The summed E-state index contributed by atoms with van der Waals surface area (Å²) in [6.07, 6.45) is 1.02. The zero-order valence-electron chi connectivity index (χ0n) is 12.7. The van der Waals surface area contributed by atoms with Crippen molar-refractivity contribution in [2.24, 2.45) is 0 Å². The first-order valence-corrected chi connectivity index (χ1v) is 7.99. The first kappa shape index (κ1) is 15.4. The molecule has 7 heteroatoms. The van der Waals surface area contributed by atoms with Crippen LogP contribution in [-0.2, 0) is 17.8 Å². The molecule has 0 N–H and O–H groups in total. The fourth-order valence-electron chi connectivity index (χ4n) is 2.69. The number of nitrogens with zero attached hydrogens (tertiary/aromatic N) is 5. The van der Waals surface area contributed by atoms with Gasteiger partial charge in [-0.3, -0.25) is 4.90 Å². The Morgan fingerprint density at radius 1 is 1.36 bits per heavy atom. The molecule has 1 aromatic heterocycles. The molecule has 0 bridgehead atoms. The van der Waals surface area contributed by atoms with Crippen molar-refractivity contribution in [2.75, 3.05) is 19.7 Å². The second kappa shape index (κ2) is 7.17. The summed E-state index contributed by atoms with van der Waals surface area (Å²) in [5, 5.41) is 12.7. The van der Waals surface area contributed by atoms with Gasteiger partial charge in [0.05, 0.1) is 19.3 Å². The van der Waals surface area contributed by atoms with Gasteiger partial charge in [0.15, 0.2) is 5.82 Å². The van der Waals surface area contributed by atoms with Crippen molar-refractivity contribution in [3.8, 4) is 0 Å². The van der Waals surface area contributed by atoms with Crippen LogP contribution >= 0.6 is 11.6 Å². The lowest BCUT2D eigenvalue weighted by atomic mass is 10.1. The van der Waals surface area contributed by atoms with E-state index in [4.69, 9.17) is 16.3 Å². The molecular formula is C15H20ClN5O. The summed E-state index contributed by atoms with van der Waals surface area (Å²) in [4.78, 5) is 2.31. The van der Waals surface area contributed by atoms with Gasteiger partial charge in [-0.2, -0.15) is 0 Å². The monoisotopic (exact) mass is 321 g/mol.